The van der Waals surface area contributed by atoms with Crippen LogP contribution >= 0.6 is 0 Å². The highest BCUT2D eigenvalue weighted by atomic mass is 32.2. The second-order valence-corrected chi connectivity index (χ2v) is 13.4. The Balaban J connectivity index is 1.39. The molecule has 45 heavy (non-hydrogen) atoms. The molecule has 12 heteroatoms. The van der Waals surface area contributed by atoms with Crippen molar-refractivity contribution in [3.05, 3.63) is 91.0 Å². The Kier molecular flexibility index (Phi) is 9.14. The molecular formula is C33H37N5O6S. The molecule has 2 heterocycles. The number of nitrogens with one attached hydrogen (secondary N) is 1. The third-order valence-electron chi connectivity index (χ3n) is 7.36. The van der Waals surface area contributed by atoms with E-state index in [1.807, 2.05) is 42.5 Å². The number of rotatable bonds is 11. The van der Waals surface area contributed by atoms with Crippen LogP contribution in [0, 0.1) is 0 Å². The van der Waals surface area contributed by atoms with Gasteiger partial charge in [-0.25, -0.2) is 18.4 Å². The summed E-state index contributed by atoms with van der Waals surface area (Å²) in [5, 5.41) is 3.00. The minimum Gasteiger partial charge on any atom is -0.497 e. The Hall–Kier alpha value is -4.84. The number of aliphatic imine (C=N–C) groups is 1. The van der Waals surface area contributed by atoms with Crippen LogP contribution in [-0.2, 0) is 20.2 Å². The fourth-order valence-corrected chi connectivity index (χ4v) is 6.11. The summed E-state index contributed by atoms with van der Waals surface area (Å²) in [7, 11) is -0.936. The predicted octanol–water partition coefficient (Wildman–Crippen LogP) is 5.58. The number of fused-ring (bicyclic) bond motifs is 1. The molecule has 0 bridgehead atoms. The van der Waals surface area contributed by atoms with Crippen molar-refractivity contribution in [3.8, 4) is 17.2 Å². The summed E-state index contributed by atoms with van der Waals surface area (Å²) in [5.74, 6) is 1.48. The fourth-order valence-electron chi connectivity index (χ4n) is 4.80. The number of benzene rings is 3. The number of methoxy groups -OCH3 is 1. The summed E-state index contributed by atoms with van der Waals surface area (Å²) in [4.78, 5) is 22.9. The molecule has 0 spiro atoms. The normalized spacial score (nSPS) is 14.6. The molecule has 3 aromatic carbocycles. The minimum absolute atomic E-state index is 0.0364. The molecule has 1 unspecified atom stereocenters. The number of aromatic nitrogens is 2. The first-order valence-electron chi connectivity index (χ1n) is 14.5. The van der Waals surface area contributed by atoms with Crippen LogP contribution in [-0.4, -0.2) is 61.4 Å². The van der Waals surface area contributed by atoms with Crippen molar-refractivity contribution >= 4 is 33.1 Å². The number of amidine groups is 1. The van der Waals surface area contributed by atoms with E-state index in [0.29, 0.717) is 31.1 Å². The van der Waals surface area contributed by atoms with E-state index >= 15 is 0 Å². The van der Waals surface area contributed by atoms with Crippen LogP contribution in [0.5, 0.6) is 17.2 Å². The third-order valence-corrected chi connectivity index (χ3v) is 9.16. The van der Waals surface area contributed by atoms with Crippen LogP contribution in [0.4, 0.5) is 11.4 Å². The summed E-state index contributed by atoms with van der Waals surface area (Å²) < 4.78 is 46.5. The Morgan fingerprint density at radius 2 is 1.69 bits per heavy atom. The topological polar surface area (TPSA) is 124 Å². The van der Waals surface area contributed by atoms with Gasteiger partial charge < -0.3 is 24.1 Å². The lowest BCUT2D eigenvalue weighted by Crippen LogP contribution is -2.44. The summed E-state index contributed by atoms with van der Waals surface area (Å²) in [6.07, 6.45) is 5.17. The van der Waals surface area contributed by atoms with E-state index in [-0.39, 0.29) is 21.8 Å². The number of anilines is 1. The Bertz CT molecular complexity index is 1780. The standard InChI is InChI=1S/C33H37N5O6S/c1-33(2,3)23-11-16-28(44-20-8-19-43-25-14-12-24(42-5)13-15-25)27(21-23)36-32(39)30(38-18-17-34-22-38)31-35-26-9-6-7-10-29(26)45(40,41)37(31)4/h6-7,9-18,21-22,30H,8,19-20H2,1-5H3,(H,36,39). The summed E-state index contributed by atoms with van der Waals surface area (Å²) in [6.45, 7) is 7.00. The van der Waals surface area contributed by atoms with Crippen molar-refractivity contribution in [1.82, 2.24) is 13.9 Å². The lowest BCUT2D eigenvalue weighted by atomic mass is 9.87. The van der Waals surface area contributed by atoms with Gasteiger partial charge in [-0.2, -0.15) is 0 Å². The number of hydrogen-bond donors (Lipinski definition) is 1. The van der Waals surface area contributed by atoms with Gasteiger partial charge in [0.25, 0.3) is 15.9 Å². The molecule has 5 rings (SSSR count). The van der Waals surface area contributed by atoms with Crippen molar-refractivity contribution in [3.63, 3.8) is 0 Å². The van der Waals surface area contributed by atoms with E-state index < -0.39 is 22.0 Å². The molecule has 1 amide bonds. The quantitative estimate of drug-likeness (QED) is 0.214. The number of likely N-dealkylation sites (N-methyl/N-ethyl adjacent to an activating group) is 1. The van der Waals surface area contributed by atoms with E-state index in [2.05, 4.69) is 36.1 Å². The van der Waals surface area contributed by atoms with Gasteiger partial charge in [0.1, 0.15) is 22.1 Å². The minimum atomic E-state index is -3.94. The number of carbonyl (C=O) groups excluding carboxylic acids is 1. The molecule has 4 aromatic rings. The van der Waals surface area contributed by atoms with Crippen molar-refractivity contribution in [2.45, 2.75) is 43.5 Å². The molecule has 1 atom stereocenters. The van der Waals surface area contributed by atoms with Gasteiger partial charge in [-0.15, -0.1) is 0 Å². The maximum atomic E-state index is 14.1. The first-order chi connectivity index (χ1) is 21.5. The number of amides is 1. The maximum Gasteiger partial charge on any atom is 0.267 e. The highest BCUT2D eigenvalue weighted by Crippen LogP contribution is 2.36. The molecule has 236 valence electrons. The molecule has 1 aliphatic rings. The van der Waals surface area contributed by atoms with Crippen molar-refractivity contribution in [1.29, 1.82) is 0 Å². The molecule has 0 saturated heterocycles. The SMILES string of the molecule is COc1ccc(OCCCOc2ccc(C(C)(C)C)cc2NC(=O)C(C2=Nc3ccccc3S(=O)(=O)N2C)n2ccnc2)cc1. The molecular weight excluding hydrogens is 594 g/mol. The first kappa shape index (κ1) is 31.6. The van der Waals surface area contributed by atoms with Gasteiger partial charge in [0.2, 0.25) is 0 Å². The third kappa shape index (κ3) is 6.96. The average molecular weight is 632 g/mol. The number of hydrogen-bond acceptors (Lipinski definition) is 8. The van der Waals surface area contributed by atoms with Crippen LogP contribution in [0.2, 0.25) is 0 Å². The number of sulfonamides is 1. The van der Waals surface area contributed by atoms with Crippen LogP contribution < -0.4 is 19.5 Å². The van der Waals surface area contributed by atoms with Gasteiger partial charge in [0, 0.05) is 25.9 Å². The molecule has 1 aliphatic heterocycles. The number of imidazole rings is 1. The first-order valence-corrected chi connectivity index (χ1v) is 15.9. The van der Waals surface area contributed by atoms with E-state index in [4.69, 9.17) is 14.2 Å². The van der Waals surface area contributed by atoms with Gasteiger partial charge >= 0.3 is 0 Å². The Morgan fingerprint density at radius 3 is 2.38 bits per heavy atom. The maximum absolute atomic E-state index is 14.1. The van der Waals surface area contributed by atoms with E-state index in [1.54, 1.807) is 31.5 Å². The number of ether oxygens (including phenoxy) is 3. The summed E-state index contributed by atoms with van der Waals surface area (Å²) >= 11 is 0. The molecule has 0 radical (unpaired) electrons. The fraction of sp³-hybridized carbons (Fsp3) is 0.303. The molecule has 0 fully saturated rings. The van der Waals surface area contributed by atoms with E-state index in [9.17, 15) is 13.2 Å². The number of nitrogens with zero attached hydrogens (tertiary/aromatic N) is 4. The lowest BCUT2D eigenvalue weighted by molar-refractivity contribution is -0.117. The average Bonchev–Trinajstić information content (AvgIpc) is 3.54. The van der Waals surface area contributed by atoms with E-state index in [0.717, 1.165) is 21.4 Å². The zero-order valence-electron chi connectivity index (χ0n) is 25.9. The number of carbonyl (C=O) groups is 1. The molecule has 0 aliphatic carbocycles. The molecule has 0 saturated carbocycles. The second-order valence-electron chi connectivity index (χ2n) is 11.5. The second kappa shape index (κ2) is 13.0. The van der Waals surface area contributed by atoms with Crippen LogP contribution in [0.3, 0.4) is 0 Å². The van der Waals surface area contributed by atoms with Crippen LogP contribution in [0.15, 0.2) is 95.3 Å². The monoisotopic (exact) mass is 631 g/mol. The van der Waals surface area contributed by atoms with Crippen molar-refractivity contribution in [2.75, 3.05) is 32.7 Å². The Labute approximate surface area is 263 Å². The predicted molar refractivity (Wildman–Crippen MR) is 172 cm³/mol. The molecule has 11 nitrogen and oxygen atoms in total. The zero-order chi connectivity index (χ0) is 32.2. The van der Waals surface area contributed by atoms with Crippen LogP contribution in [0.1, 0.15) is 38.8 Å². The summed E-state index contributed by atoms with van der Waals surface area (Å²) in [6, 6.07) is 18.3. The molecule has 1 aromatic heterocycles. The van der Waals surface area contributed by atoms with Gasteiger partial charge in [-0.1, -0.05) is 39.0 Å². The highest BCUT2D eigenvalue weighted by molar-refractivity contribution is 7.90. The molecule has 1 N–H and O–H groups in total. The lowest BCUT2D eigenvalue weighted by Gasteiger charge is -2.31. The van der Waals surface area contributed by atoms with Gasteiger partial charge in [0.15, 0.2) is 11.9 Å². The van der Waals surface area contributed by atoms with Crippen LogP contribution in [0.25, 0.3) is 0 Å². The highest BCUT2D eigenvalue weighted by Gasteiger charge is 2.39. The van der Waals surface area contributed by atoms with Crippen molar-refractivity contribution < 1.29 is 27.4 Å². The Morgan fingerprint density at radius 1 is 0.978 bits per heavy atom. The van der Waals surface area contributed by atoms with Gasteiger partial charge in [-0.3, -0.25) is 9.10 Å². The van der Waals surface area contributed by atoms with Gasteiger partial charge in [-0.05, 0) is 59.5 Å². The largest absolute Gasteiger partial charge is 0.497 e. The van der Waals surface area contributed by atoms with Gasteiger partial charge in [0.05, 0.1) is 38.0 Å². The van der Waals surface area contributed by atoms with Crippen molar-refractivity contribution in [2.24, 2.45) is 4.99 Å². The smallest absolute Gasteiger partial charge is 0.267 e. The van der Waals surface area contributed by atoms with E-state index in [1.165, 1.54) is 30.2 Å². The number of para-hydroxylation sites is 1. The zero-order valence-corrected chi connectivity index (χ0v) is 26.7. The summed E-state index contributed by atoms with van der Waals surface area (Å²) in [5.41, 5.74) is 1.49.